The number of hydrogen-bond acceptors (Lipinski definition) is 3. The van der Waals surface area contributed by atoms with Crippen LogP contribution in [0.25, 0.3) is 0 Å². The molecule has 0 aromatic heterocycles. The molecule has 2 heterocycles. The van der Waals surface area contributed by atoms with Crippen molar-refractivity contribution in [1.82, 2.24) is 5.32 Å². The maximum atomic E-state index is 11.9. The van der Waals surface area contributed by atoms with Crippen LogP contribution in [0.4, 0.5) is 0 Å². The van der Waals surface area contributed by atoms with E-state index in [1.165, 1.54) is 25.7 Å². The van der Waals surface area contributed by atoms with Crippen molar-refractivity contribution >= 4 is 5.91 Å². The van der Waals surface area contributed by atoms with E-state index in [1.54, 1.807) is 0 Å². The number of carbonyl (C=O) groups is 1. The fourth-order valence-electron chi connectivity index (χ4n) is 3.53. The molecule has 2 aliphatic heterocycles. The Morgan fingerprint density at radius 3 is 3.00 bits per heavy atom. The fraction of sp³-hybridized carbons (Fsp3) is 0.588. The molecule has 21 heavy (non-hydrogen) atoms. The minimum atomic E-state index is -0.0145. The van der Waals surface area contributed by atoms with Crippen LogP contribution in [0.15, 0.2) is 18.2 Å². The summed E-state index contributed by atoms with van der Waals surface area (Å²) in [6.45, 7) is 2.17. The van der Waals surface area contributed by atoms with Gasteiger partial charge in [0.05, 0.1) is 18.3 Å². The standard InChI is InChI=1S/C17H21NO3/c19-16-15-12(10-18-16)4-3-5-13(15)21-11-17(7-8-17)14-6-1-2-9-20-14/h3-5,14H,1-2,6-11H2,(H,18,19). The van der Waals surface area contributed by atoms with Crippen LogP contribution in [-0.2, 0) is 11.3 Å². The monoisotopic (exact) mass is 287 g/mol. The predicted molar refractivity (Wildman–Crippen MR) is 78.4 cm³/mol. The number of rotatable bonds is 4. The summed E-state index contributed by atoms with van der Waals surface area (Å²) < 4.78 is 12.0. The topological polar surface area (TPSA) is 47.6 Å². The molecule has 0 radical (unpaired) electrons. The van der Waals surface area contributed by atoms with Gasteiger partial charge >= 0.3 is 0 Å². The van der Waals surface area contributed by atoms with E-state index in [1.807, 2.05) is 18.2 Å². The minimum Gasteiger partial charge on any atom is -0.492 e. The first-order valence-electron chi connectivity index (χ1n) is 7.93. The zero-order chi connectivity index (χ0) is 14.3. The summed E-state index contributed by atoms with van der Waals surface area (Å²) in [4.78, 5) is 11.9. The SMILES string of the molecule is O=C1NCc2cccc(OCC3(C4CCCCO4)CC3)c21. The number of carbonyl (C=O) groups excluding carboxylic acids is 1. The second-order valence-electron chi connectivity index (χ2n) is 6.48. The van der Waals surface area contributed by atoms with Gasteiger partial charge in [-0.15, -0.1) is 0 Å². The van der Waals surface area contributed by atoms with Gasteiger partial charge in [0.25, 0.3) is 5.91 Å². The third-order valence-electron chi connectivity index (χ3n) is 5.05. The van der Waals surface area contributed by atoms with Gasteiger partial charge in [-0.05, 0) is 43.7 Å². The molecule has 1 aliphatic carbocycles. The number of benzene rings is 1. The Balaban J connectivity index is 1.48. The lowest BCUT2D eigenvalue weighted by Crippen LogP contribution is -2.33. The number of fused-ring (bicyclic) bond motifs is 1. The lowest BCUT2D eigenvalue weighted by molar-refractivity contribution is -0.0433. The largest absolute Gasteiger partial charge is 0.492 e. The molecule has 3 aliphatic rings. The number of amides is 1. The average Bonchev–Trinajstić information content (AvgIpc) is 3.24. The lowest BCUT2D eigenvalue weighted by Gasteiger charge is -2.30. The van der Waals surface area contributed by atoms with Gasteiger partial charge in [-0.2, -0.15) is 0 Å². The van der Waals surface area contributed by atoms with Crippen molar-refractivity contribution in [3.63, 3.8) is 0 Å². The van der Waals surface area contributed by atoms with Crippen molar-refractivity contribution in [1.29, 1.82) is 0 Å². The van der Waals surface area contributed by atoms with Gasteiger partial charge in [0.1, 0.15) is 5.75 Å². The van der Waals surface area contributed by atoms with Gasteiger partial charge < -0.3 is 14.8 Å². The molecule has 4 heteroatoms. The van der Waals surface area contributed by atoms with E-state index in [-0.39, 0.29) is 11.3 Å². The molecule has 1 unspecified atom stereocenters. The van der Waals surface area contributed by atoms with Crippen LogP contribution in [-0.4, -0.2) is 25.2 Å². The molecule has 2 fully saturated rings. The van der Waals surface area contributed by atoms with Crippen LogP contribution in [0, 0.1) is 5.41 Å². The van der Waals surface area contributed by atoms with Crippen molar-refractivity contribution in [2.24, 2.45) is 5.41 Å². The summed E-state index contributed by atoms with van der Waals surface area (Å²) in [5.74, 6) is 0.712. The summed E-state index contributed by atoms with van der Waals surface area (Å²) in [5.41, 5.74) is 1.95. The summed E-state index contributed by atoms with van der Waals surface area (Å²) in [7, 11) is 0. The van der Waals surface area contributed by atoms with E-state index < -0.39 is 0 Å². The predicted octanol–water partition coefficient (Wildman–Crippen LogP) is 2.66. The van der Waals surface area contributed by atoms with Gasteiger partial charge in [0.2, 0.25) is 0 Å². The van der Waals surface area contributed by atoms with Crippen LogP contribution in [0.2, 0.25) is 0 Å². The van der Waals surface area contributed by atoms with E-state index in [0.29, 0.717) is 19.3 Å². The van der Waals surface area contributed by atoms with Crippen LogP contribution in [0.1, 0.15) is 48.0 Å². The highest BCUT2D eigenvalue weighted by Crippen LogP contribution is 2.52. The number of hydrogen-bond donors (Lipinski definition) is 1. The van der Waals surface area contributed by atoms with Crippen molar-refractivity contribution in [2.45, 2.75) is 44.8 Å². The van der Waals surface area contributed by atoms with E-state index in [0.717, 1.165) is 29.9 Å². The van der Waals surface area contributed by atoms with Crippen LogP contribution in [0.5, 0.6) is 5.75 Å². The number of ether oxygens (including phenoxy) is 2. The van der Waals surface area contributed by atoms with E-state index in [9.17, 15) is 4.79 Å². The Morgan fingerprint density at radius 1 is 1.33 bits per heavy atom. The Hall–Kier alpha value is -1.55. The molecule has 1 amide bonds. The Morgan fingerprint density at radius 2 is 2.24 bits per heavy atom. The summed E-state index contributed by atoms with van der Waals surface area (Å²) in [6, 6.07) is 5.85. The maximum absolute atomic E-state index is 11.9. The summed E-state index contributed by atoms with van der Waals surface area (Å²) >= 11 is 0. The van der Waals surface area contributed by atoms with Crippen molar-refractivity contribution < 1.29 is 14.3 Å². The first-order valence-corrected chi connectivity index (χ1v) is 7.93. The van der Waals surface area contributed by atoms with Crippen LogP contribution in [0.3, 0.4) is 0 Å². The average molecular weight is 287 g/mol. The normalized spacial score (nSPS) is 26.1. The van der Waals surface area contributed by atoms with E-state index in [4.69, 9.17) is 9.47 Å². The second-order valence-corrected chi connectivity index (χ2v) is 6.48. The maximum Gasteiger partial charge on any atom is 0.255 e. The highest BCUT2D eigenvalue weighted by molar-refractivity contribution is 6.00. The Bertz CT molecular complexity index is 559. The molecule has 1 atom stereocenters. The van der Waals surface area contributed by atoms with Gasteiger partial charge in [-0.25, -0.2) is 0 Å². The molecule has 112 valence electrons. The van der Waals surface area contributed by atoms with E-state index >= 15 is 0 Å². The third kappa shape index (κ3) is 2.31. The van der Waals surface area contributed by atoms with Gasteiger partial charge in [0.15, 0.2) is 0 Å². The van der Waals surface area contributed by atoms with Gasteiger partial charge in [-0.1, -0.05) is 12.1 Å². The summed E-state index contributed by atoms with van der Waals surface area (Å²) in [5, 5.41) is 2.86. The molecule has 1 aromatic rings. The van der Waals surface area contributed by atoms with Crippen molar-refractivity contribution in [2.75, 3.05) is 13.2 Å². The lowest BCUT2D eigenvalue weighted by atomic mass is 9.93. The van der Waals surface area contributed by atoms with Gasteiger partial charge in [0, 0.05) is 18.6 Å². The fourth-order valence-corrected chi connectivity index (χ4v) is 3.53. The minimum absolute atomic E-state index is 0.0145. The third-order valence-corrected chi connectivity index (χ3v) is 5.05. The zero-order valence-electron chi connectivity index (χ0n) is 12.2. The van der Waals surface area contributed by atoms with Crippen molar-refractivity contribution in [3.8, 4) is 5.75 Å². The molecule has 4 nitrogen and oxygen atoms in total. The highest BCUT2D eigenvalue weighted by Gasteiger charge is 2.51. The zero-order valence-corrected chi connectivity index (χ0v) is 12.2. The highest BCUT2D eigenvalue weighted by atomic mass is 16.5. The molecule has 0 spiro atoms. The molecule has 0 bridgehead atoms. The summed E-state index contributed by atoms with van der Waals surface area (Å²) in [6.07, 6.45) is 6.29. The molecule has 1 N–H and O–H groups in total. The van der Waals surface area contributed by atoms with Crippen LogP contribution >= 0.6 is 0 Å². The Kier molecular flexibility index (Phi) is 3.14. The van der Waals surface area contributed by atoms with E-state index in [2.05, 4.69) is 5.32 Å². The molecule has 4 rings (SSSR count). The van der Waals surface area contributed by atoms with Crippen LogP contribution < -0.4 is 10.1 Å². The smallest absolute Gasteiger partial charge is 0.255 e. The first kappa shape index (κ1) is 13.1. The quantitative estimate of drug-likeness (QED) is 0.926. The first-order chi connectivity index (χ1) is 10.3. The molecule has 1 saturated heterocycles. The molecule has 1 aromatic carbocycles. The number of nitrogens with one attached hydrogen (secondary N) is 1. The van der Waals surface area contributed by atoms with Crippen molar-refractivity contribution in [3.05, 3.63) is 29.3 Å². The second kappa shape index (κ2) is 5.02. The Labute approximate surface area is 124 Å². The molecular weight excluding hydrogens is 266 g/mol. The molecular formula is C17H21NO3. The molecule has 1 saturated carbocycles. The van der Waals surface area contributed by atoms with Gasteiger partial charge in [-0.3, -0.25) is 4.79 Å².